The van der Waals surface area contributed by atoms with Crippen LogP contribution in [0.5, 0.6) is 0 Å². The summed E-state index contributed by atoms with van der Waals surface area (Å²) in [6.07, 6.45) is 3.55. The fourth-order valence-electron chi connectivity index (χ4n) is 1.33. The molecule has 1 heterocycles. The van der Waals surface area contributed by atoms with E-state index in [0.29, 0.717) is 12.0 Å². The second-order valence-corrected chi connectivity index (χ2v) is 3.57. The van der Waals surface area contributed by atoms with E-state index in [4.69, 9.17) is 5.11 Å². The Morgan fingerprint density at radius 1 is 1.62 bits per heavy atom. The predicted octanol–water partition coefficient (Wildman–Crippen LogP) is 0.735. The summed E-state index contributed by atoms with van der Waals surface area (Å²) in [7, 11) is 0. The molecule has 0 saturated heterocycles. The van der Waals surface area contributed by atoms with E-state index in [1.165, 1.54) is 17.3 Å². The molecule has 0 spiro atoms. The summed E-state index contributed by atoms with van der Waals surface area (Å²) in [5.41, 5.74) is 0.376. The van der Waals surface area contributed by atoms with Gasteiger partial charge in [-0.05, 0) is 13.3 Å². The van der Waals surface area contributed by atoms with E-state index in [0.717, 1.165) is 0 Å². The second-order valence-electron chi connectivity index (χ2n) is 3.57. The lowest BCUT2D eigenvalue weighted by Crippen LogP contribution is -2.41. The van der Waals surface area contributed by atoms with Crippen LogP contribution in [0.2, 0.25) is 0 Å². The number of carbonyl (C=O) groups is 2. The number of carboxylic acid groups (broad SMARTS) is 1. The molecule has 16 heavy (non-hydrogen) atoms. The summed E-state index contributed by atoms with van der Waals surface area (Å²) in [5.74, 6) is -1.33. The number of nitrogens with zero attached hydrogens (tertiary/aromatic N) is 2. The van der Waals surface area contributed by atoms with Gasteiger partial charge < -0.3 is 10.0 Å². The lowest BCUT2D eigenvalue weighted by Gasteiger charge is -2.26. The zero-order chi connectivity index (χ0) is 12.1. The Labute approximate surface area is 93.3 Å². The van der Waals surface area contributed by atoms with E-state index in [9.17, 15) is 9.59 Å². The number of aromatic nitrogens is 2. The van der Waals surface area contributed by atoms with Gasteiger partial charge in [-0.1, -0.05) is 6.92 Å². The molecule has 1 rings (SSSR count). The van der Waals surface area contributed by atoms with Crippen molar-refractivity contribution in [2.75, 3.05) is 6.54 Å². The molecule has 1 unspecified atom stereocenters. The van der Waals surface area contributed by atoms with Gasteiger partial charge in [0.15, 0.2) is 0 Å². The molecule has 0 aliphatic heterocycles. The number of nitrogens with one attached hydrogen (secondary N) is 1. The topological polar surface area (TPSA) is 86.3 Å². The highest BCUT2D eigenvalue weighted by atomic mass is 16.4. The van der Waals surface area contributed by atoms with Crippen LogP contribution in [-0.4, -0.2) is 44.7 Å². The summed E-state index contributed by atoms with van der Waals surface area (Å²) in [5, 5.41) is 15.0. The van der Waals surface area contributed by atoms with Crippen LogP contribution in [0.4, 0.5) is 0 Å². The van der Waals surface area contributed by atoms with Gasteiger partial charge in [-0.3, -0.25) is 14.7 Å². The highest BCUT2D eigenvalue weighted by molar-refractivity contribution is 5.95. The van der Waals surface area contributed by atoms with Crippen LogP contribution in [0.25, 0.3) is 0 Å². The third kappa shape index (κ3) is 2.82. The minimum absolute atomic E-state index is 0.113. The van der Waals surface area contributed by atoms with E-state index < -0.39 is 5.97 Å². The first-order valence-electron chi connectivity index (χ1n) is 5.07. The summed E-state index contributed by atoms with van der Waals surface area (Å²) in [6.45, 7) is 3.43. The molecular weight excluding hydrogens is 210 g/mol. The van der Waals surface area contributed by atoms with Crippen molar-refractivity contribution in [2.45, 2.75) is 26.3 Å². The average Bonchev–Trinajstić information content (AvgIpc) is 2.77. The van der Waals surface area contributed by atoms with E-state index >= 15 is 0 Å². The molecule has 0 fully saturated rings. The Hall–Kier alpha value is -1.85. The van der Waals surface area contributed by atoms with Crippen molar-refractivity contribution in [3.63, 3.8) is 0 Å². The number of hydrogen-bond donors (Lipinski definition) is 2. The number of carbonyl (C=O) groups excluding carboxylic acids is 1. The van der Waals surface area contributed by atoms with Gasteiger partial charge in [0, 0.05) is 12.2 Å². The Kier molecular flexibility index (Phi) is 4.04. The van der Waals surface area contributed by atoms with Gasteiger partial charge in [-0.15, -0.1) is 0 Å². The quantitative estimate of drug-likeness (QED) is 0.773. The molecule has 88 valence electrons. The highest BCUT2D eigenvalue weighted by Crippen LogP contribution is 2.09. The van der Waals surface area contributed by atoms with Gasteiger partial charge in [0.1, 0.15) is 6.54 Å². The molecule has 0 aliphatic rings. The number of rotatable bonds is 5. The van der Waals surface area contributed by atoms with Crippen molar-refractivity contribution in [1.82, 2.24) is 15.1 Å². The first-order valence-corrected chi connectivity index (χ1v) is 5.07. The minimum atomic E-state index is -1.02. The number of aliphatic carboxylic acids is 1. The third-order valence-corrected chi connectivity index (χ3v) is 2.43. The predicted molar refractivity (Wildman–Crippen MR) is 57.0 cm³/mol. The van der Waals surface area contributed by atoms with Gasteiger partial charge >= 0.3 is 5.97 Å². The standard InChI is InChI=1S/C10H15N3O3/c1-3-7(2)13(6-9(14)15)10(16)8-4-11-12-5-8/h4-5,7H,3,6H2,1-2H3,(H,11,12)(H,14,15). The monoisotopic (exact) mass is 225 g/mol. The zero-order valence-electron chi connectivity index (χ0n) is 9.30. The first-order chi connectivity index (χ1) is 7.56. The van der Waals surface area contributed by atoms with Crippen molar-refractivity contribution >= 4 is 11.9 Å². The van der Waals surface area contributed by atoms with Gasteiger partial charge in [0.25, 0.3) is 5.91 Å². The third-order valence-electron chi connectivity index (χ3n) is 2.43. The van der Waals surface area contributed by atoms with Crippen LogP contribution in [0.1, 0.15) is 30.6 Å². The lowest BCUT2D eigenvalue weighted by atomic mass is 10.2. The molecule has 0 aromatic carbocycles. The molecule has 0 radical (unpaired) electrons. The Morgan fingerprint density at radius 3 is 2.75 bits per heavy atom. The number of aromatic amines is 1. The van der Waals surface area contributed by atoms with Crippen molar-refractivity contribution in [3.05, 3.63) is 18.0 Å². The van der Waals surface area contributed by atoms with Crippen molar-refractivity contribution in [2.24, 2.45) is 0 Å². The van der Waals surface area contributed by atoms with Gasteiger partial charge in [-0.2, -0.15) is 5.10 Å². The van der Waals surface area contributed by atoms with Crippen LogP contribution >= 0.6 is 0 Å². The van der Waals surface area contributed by atoms with E-state index in [1.54, 1.807) is 0 Å². The largest absolute Gasteiger partial charge is 0.480 e. The lowest BCUT2D eigenvalue weighted by molar-refractivity contribution is -0.138. The van der Waals surface area contributed by atoms with Crippen molar-refractivity contribution in [1.29, 1.82) is 0 Å². The maximum Gasteiger partial charge on any atom is 0.323 e. The zero-order valence-corrected chi connectivity index (χ0v) is 9.30. The number of amides is 1. The SMILES string of the molecule is CCC(C)N(CC(=O)O)C(=O)c1cn[nH]c1. The number of carboxylic acids is 1. The van der Waals surface area contributed by atoms with E-state index in [-0.39, 0.29) is 18.5 Å². The highest BCUT2D eigenvalue weighted by Gasteiger charge is 2.23. The van der Waals surface area contributed by atoms with E-state index in [2.05, 4.69) is 10.2 Å². The molecule has 0 aliphatic carbocycles. The smallest absolute Gasteiger partial charge is 0.323 e. The van der Waals surface area contributed by atoms with Crippen molar-refractivity contribution < 1.29 is 14.7 Å². The van der Waals surface area contributed by atoms with Gasteiger partial charge in [-0.25, -0.2) is 0 Å². The molecule has 1 atom stereocenters. The summed E-state index contributed by atoms with van der Waals surface area (Å²) in [6, 6.07) is -0.113. The molecule has 6 nitrogen and oxygen atoms in total. The maximum atomic E-state index is 11.9. The summed E-state index contributed by atoms with van der Waals surface area (Å²) in [4.78, 5) is 24.0. The fraction of sp³-hybridized carbons (Fsp3) is 0.500. The van der Waals surface area contributed by atoms with E-state index in [1.807, 2.05) is 13.8 Å². The number of hydrogen-bond acceptors (Lipinski definition) is 3. The molecular formula is C10H15N3O3. The Bertz CT molecular complexity index is 361. The normalized spacial score (nSPS) is 12.1. The van der Waals surface area contributed by atoms with Crippen LogP contribution < -0.4 is 0 Å². The Morgan fingerprint density at radius 2 is 2.31 bits per heavy atom. The molecule has 1 aromatic heterocycles. The molecule has 0 saturated carbocycles. The van der Waals surface area contributed by atoms with Gasteiger partial charge in [0.05, 0.1) is 11.8 Å². The number of H-pyrrole nitrogens is 1. The Balaban J connectivity index is 2.84. The average molecular weight is 225 g/mol. The maximum absolute atomic E-state index is 11.9. The fourth-order valence-corrected chi connectivity index (χ4v) is 1.33. The minimum Gasteiger partial charge on any atom is -0.480 e. The molecule has 2 N–H and O–H groups in total. The summed E-state index contributed by atoms with van der Waals surface area (Å²) < 4.78 is 0. The second kappa shape index (κ2) is 5.29. The molecule has 1 aromatic rings. The van der Waals surface area contributed by atoms with Crippen LogP contribution in [0.3, 0.4) is 0 Å². The van der Waals surface area contributed by atoms with Gasteiger partial charge in [0.2, 0.25) is 0 Å². The van der Waals surface area contributed by atoms with Crippen molar-refractivity contribution in [3.8, 4) is 0 Å². The van der Waals surface area contributed by atoms with Crippen LogP contribution in [0, 0.1) is 0 Å². The van der Waals surface area contributed by atoms with Crippen LogP contribution in [-0.2, 0) is 4.79 Å². The first kappa shape index (κ1) is 12.2. The molecule has 0 bridgehead atoms. The summed E-state index contributed by atoms with van der Waals surface area (Å²) >= 11 is 0. The molecule has 6 heteroatoms. The van der Waals surface area contributed by atoms with Crippen LogP contribution in [0.15, 0.2) is 12.4 Å². The molecule has 1 amide bonds.